The van der Waals surface area contributed by atoms with Crippen molar-refractivity contribution in [2.45, 2.75) is 37.4 Å². The van der Waals surface area contributed by atoms with Gasteiger partial charge in [-0.15, -0.1) is 11.8 Å². The number of nitrogen functional groups attached to an aromatic ring is 1. The molecule has 0 aliphatic rings. The number of hydrogen-bond acceptors (Lipinski definition) is 3. The first kappa shape index (κ1) is 15.8. The van der Waals surface area contributed by atoms with Crippen LogP contribution < -0.4 is 5.73 Å². The van der Waals surface area contributed by atoms with E-state index >= 15 is 0 Å². The van der Waals surface area contributed by atoms with Gasteiger partial charge in [0.25, 0.3) is 0 Å². The Balaban J connectivity index is 2.93. The molecule has 3 nitrogen and oxygen atoms in total. The maximum atomic E-state index is 12.6. The number of amidine groups is 1. The van der Waals surface area contributed by atoms with Gasteiger partial charge in [0.1, 0.15) is 16.6 Å². The van der Waals surface area contributed by atoms with Crippen molar-refractivity contribution in [3.05, 3.63) is 23.4 Å². The van der Waals surface area contributed by atoms with E-state index in [2.05, 4.69) is 4.98 Å². The first-order chi connectivity index (χ1) is 8.86. The number of unbranched alkanes of at least 4 members (excludes halogenated alkanes) is 2. The molecule has 19 heavy (non-hydrogen) atoms. The molecular weight excluding hydrogens is 275 g/mol. The van der Waals surface area contributed by atoms with Gasteiger partial charge in [0.15, 0.2) is 0 Å². The molecule has 0 saturated heterocycles. The number of aromatic nitrogens is 1. The molecule has 0 radical (unpaired) electrons. The second-order valence-corrected chi connectivity index (χ2v) is 5.10. The van der Waals surface area contributed by atoms with E-state index in [0.29, 0.717) is 5.75 Å². The molecule has 1 aromatic heterocycles. The Morgan fingerprint density at radius 1 is 1.37 bits per heavy atom. The van der Waals surface area contributed by atoms with E-state index < -0.39 is 11.9 Å². The van der Waals surface area contributed by atoms with Crippen LogP contribution in [0, 0.1) is 5.41 Å². The van der Waals surface area contributed by atoms with Gasteiger partial charge in [0, 0.05) is 5.56 Å². The van der Waals surface area contributed by atoms with Crippen molar-refractivity contribution in [2.24, 2.45) is 5.73 Å². The van der Waals surface area contributed by atoms with E-state index in [1.807, 2.05) is 6.92 Å². The lowest BCUT2D eigenvalue weighted by molar-refractivity contribution is -0.141. The van der Waals surface area contributed by atoms with E-state index in [0.717, 1.165) is 25.3 Å². The van der Waals surface area contributed by atoms with Crippen LogP contribution in [0.25, 0.3) is 0 Å². The van der Waals surface area contributed by atoms with Crippen LogP contribution in [-0.2, 0) is 6.18 Å². The zero-order valence-corrected chi connectivity index (χ0v) is 11.4. The van der Waals surface area contributed by atoms with E-state index in [4.69, 9.17) is 11.1 Å². The van der Waals surface area contributed by atoms with Crippen molar-refractivity contribution < 1.29 is 13.2 Å². The van der Waals surface area contributed by atoms with E-state index in [1.54, 1.807) is 0 Å². The fourth-order valence-corrected chi connectivity index (χ4v) is 2.47. The Bertz CT molecular complexity index is 446. The number of nitrogens with zero attached hydrogens (tertiary/aromatic N) is 1. The predicted molar refractivity (Wildman–Crippen MR) is 70.5 cm³/mol. The van der Waals surface area contributed by atoms with Gasteiger partial charge in [-0.2, -0.15) is 13.2 Å². The van der Waals surface area contributed by atoms with Crippen molar-refractivity contribution >= 4 is 17.6 Å². The largest absolute Gasteiger partial charge is 0.433 e. The molecular formula is C12H16F3N3S. The number of alkyl halides is 3. The molecule has 0 aromatic carbocycles. The maximum Gasteiger partial charge on any atom is 0.433 e. The number of nitrogens with one attached hydrogen (secondary N) is 1. The monoisotopic (exact) mass is 291 g/mol. The number of hydrogen-bond donors (Lipinski definition) is 2. The SMILES string of the molecule is CCCCCSc1nc(C(F)(F)F)ccc1C(=N)N. The topological polar surface area (TPSA) is 62.8 Å². The smallest absolute Gasteiger partial charge is 0.384 e. The lowest BCUT2D eigenvalue weighted by atomic mass is 10.2. The molecule has 7 heteroatoms. The molecule has 0 atom stereocenters. The number of nitrogens with two attached hydrogens (primary N) is 1. The van der Waals surface area contributed by atoms with Gasteiger partial charge in [-0.3, -0.25) is 5.41 Å². The van der Waals surface area contributed by atoms with Gasteiger partial charge in [0.05, 0.1) is 0 Å². The quantitative estimate of drug-likeness (QED) is 0.364. The number of pyridine rings is 1. The van der Waals surface area contributed by atoms with Gasteiger partial charge in [-0.25, -0.2) is 4.98 Å². The average Bonchev–Trinajstić information content (AvgIpc) is 2.33. The van der Waals surface area contributed by atoms with Crippen LogP contribution in [0.2, 0.25) is 0 Å². The van der Waals surface area contributed by atoms with Crippen molar-refractivity contribution in [2.75, 3.05) is 5.75 Å². The molecule has 1 aromatic rings. The summed E-state index contributed by atoms with van der Waals surface area (Å²) in [6.07, 6.45) is -1.53. The average molecular weight is 291 g/mol. The van der Waals surface area contributed by atoms with Gasteiger partial charge in [-0.1, -0.05) is 19.8 Å². The molecule has 0 amide bonds. The molecule has 0 spiro atoms. The number of thioether (sulfide) groups is 1. The maximum absolute atomic E-state index is 12.6. The van der Waals surface area contributed by atoms with Crippen molar-refractivity contribution in [3.8, 4) is 0 Å². The summed E-state index contributed by atoms with van der Waals surface area (Å²) >= 11 is 1.21. The van der Waals surface area contributed by atoms with Gasteiger partial charge >= 0.3 is 6.18 Å². The van der Waals surface area contributed by atoms with Crippen LogP contribution >= 0.6 is 11.8 Å². The molecule has 106 valence electrons. The molecule has 0 aliphatic carbocycles. The van der Waals surface area contributed by atoms with E-state index in [-0.39, 0.29) is 16.4 Å². The van der Waals surface area contributed by atoms with E-state index in [9.17, 15) is 13.2 Å². The van der Waals surface area contributed by atoms with Crippen molar-refractivity contribution in [1.82, 2.24) is 4.98 Å². The third kappa shape index (κ3) is 4.74. The predicted octanol–water partition coefficient (Wildman–Crippen LogP) is 3.67. The molecule has 1 rings (SSSR count). The van der Waals surface area contributed by atoms with Crippen LogP contribution in [0.4, 0.5) is 13.2 Å². The molecule has 0 bridgehead atoms. The van der Waals surface area contributed by atoms with Crippen molar-refractivity contribution in [1.29, 1.82) is 5.41 Å². The Morgan fingerprint density at radius 2 is 2.05 bits per heavy atom. The van der Waals surface area contributed by atoms with E-state index in [1.165, 1.54) is 17.8 Å². The minimum absolute atomic E-state index is 0.179. The highest BCUT2D eigenvalue weighted by Gasteiger charge is 2.33. The minimum Gasteiger partial charge on any atom is -0.384 e. The lowest BCUT2D eigenvalue weighted by Crippen LogP contribution is -2.16. The molecule has 0 fully saturated rings. The Morgan fingerprint density at radius 3 is 2.58 bits per heavy atom. The summed E-state index contributed by atoms with van der Waals surface area (Å²) in [5.41, 5.74) is 4.66. The summed E-state index contributed by atoms with van der Waals surface area (Å²) in [5, 5.41) is 7.54. The molecule has 1 heterocycles. The third-order valence-corrected chi connectivity index (χ3v) is 3.50. The summed E-state index contributed by atoms with van der Waals surface area (Å²) in [7, 11) is 0. The fourth-order valence-electron chi connectivity index (χ4n) is 1.43. The first-order valence-corrected chi connectivity index (χ1v) is 6.90. The zero-order valence-electron chi connectivity index (χ0n) is 10.5. The van der Waals surface area contributed by atoms with Crippen LogP contribution in [0.5, 0.6) is 0 Å². The molecule has 0 aliphatic heterocycles. The number of halogens is 3. The standard InChI is InChI=1S/C12H16F3N3S/c1-2-3-4-7-19-11-8(10(16)17)5-6-9(18-11)12(13,14)15/h5-6H,2-4,7H2,1H3,(H3,16,17). The van der Waals surface area contributed by atoms with Crippen LogP contribution in [0.3, 0.4) is 0 Å². The van der Waals surface area contributed by atoms with Crippen LogP contribution in [0.1, 0.15) is 37.4 Å². The third-order valence-electron chi connectivity index (χ3n) is 2.43. The zero-order chi connectivity index (χ0) is 14.5. The normalized spacial score (nSPS) is 11.6. The fraction of sp³-hybridized carbons (Fsp3) is 0.500. The second-order valence-electron chi connectivity index (χ2n) is 4.02. The highest BCUT2D eigenvalue weighted by molar-refractivity contribution is 7.99. The van der Waals surface area contributed by atoms with Crippen LogP contribution in [-0.4, -0.2) is 16.6 Å². The highest BCUT2D eigenvalue weighted by Crippen LogP contribution is 2.31. The molecule has 0 saturated carbocycles. The molecule has 0 unspecified atom stereocenters. The van der Waals surface area contributed by atoms with Crippen LogP contribution in [0.15, 0.2) is 17.2 Å². The van der Waals surface area contributed by atoms with Gasteiger partial charge in [-0.05, 0) is 24.3 Å². The van der Waals surface area contributed by atoms with Gasteiger partial charge in [0.2, 0.25) is 0 Å². The number of rotatable bonds is 6. The summed E-state index contributed by atoms with van der Waals surface area (Å²) in [6.45, 7) is 2.05. The highest BCUT2D eigenvalue weighted by atomic mass is 32.2. The Labute approximate surface area is 114 Å². The minimum atomic E-state index is -4.48. The summed E-state index contributed by atoms with van der Waals surface area (Å²) < 4.78 is 37.8. The molecule has 3 N–H and O–H groups in total. The summed E-state index contributed by atoms with van der Waals surface area (Å²) in [5.74, 6) is 0.404. The summed E-state index contributed by atoms with van der Waals surface area (Å²) in [6, 6.07) is 2.06. The Kier molecular flexibility index (Phi) is 5.65. The second kappa shape index (κ2) is 6.79. The first-order valence-electron chi connectivity index (χ1n) is 5.91. The Hall–Kier alpha value is -1.24. The van der Waals surface area contributed by atoms with Crippen molar-refractivity contribution in [3.63, 3.8) is 0 Å². The van der Waals surface area contributed by atoms with Gasteiger partial charge < -0.3 is 5.73 Å². The lowest BCUT2D eigenvalue weighted by Gasteiger charge is -2.11. The summed E-state index contributed by atoms with van der Waals surface area (Å²) in [4.78, 5) is 3.58.